The highest BCUT2D eigenvalue weighted by Crippen LogP contribution is 2.23. The van der Waals surface area contributed by atoms with Crippen molar-refractivity contribution >= 4 is 34.2 Å². The minimum Gasteiger partial charge on any atom is -0.348 e. The van der Waals surface area contributed by atoms with Gasteiger partial charge in [-0.15, -0.1) is 0 Å². The number of hydrogen-bond donors (Lipinski definition) is 4. The average Bonchev–Trinajstić information content (AvgIpc) is 2.61. The van der Waals surface area contributed by atoms with E-state index in [1.165, 1.54) is 0 Å². The van der Waals surface area contributed by atoms with E-state index in [4.69, 9.17) is 0 Å². The van der Waals surface area contributed by atoms with Gasteiger partial charge in [-0.2, -0.15) is 0 Å². The summed E-state index contributed by atoms with van der Waals surface area (Å²) in [5.41, 5.74) is 5.33. The third-order valence-electron chi connectivity index (χ3n) is 4.29. The summed E-state index contributed by atoms with van der Waals surface area (Å²) in [6.07, 6.45) is 0. The number of fused-ring (bicyclic) bond motifs is 1. The Balaban J connectivity index is 1.99. The van der Waals surface area contributed by atoms with Crippen LogP contribution in [0.15, 0.2) is 36.4 Å². The molecule has 0 spiro atoms. The van der Waals surface area contributed by atoms with Crippen LogP contribution in [0.1, 0.15) is 26.3 Å². The van der Waals surface area contributed by atoms with E-state index >= 15 is 0 Å². The molecule has 0 aliphatic carbocycles. The predicted molar refractivity (Wildman–Crippen MR) is 105 cm³/mol. The molecule has 3 atom stereocenters. The van der Waals surface area contributed by atoms with Crippen molar-refractivity contribution in [2.45, 2.75) is 45.8 Å². The van der Waals surface area contributed by atoms with Crippen molar-refractivity contribution in [3.63, 3.8) is 0 Å². The van der Waals surface area contributed by atoms with Gasteiger partial charge in [-0.3, -0.25) is 14.4 Å². The van der Waals surface area contributed by atoms with Gasteiger partial charge in [-0.1, -0.05) is 24.3 Å². The molecule has 7 nitrogen and oxygen atoms in total. The number of nitrogens with one attached hydrogen (secondary N) is 3. The van der Waals surface area contributed by atoms with Gasteiger partial charge in [-0.05, 0) is 56.2 Å². The minimum absolute atomic E-state index is 0.318. The lowest BCUT2D eigenvalue weighted by Gasteiger charge is -2.19. The lowest BCUT2D eigenvalue weighted by Crippen LogP contribution is -2.67. The molecule has 2 aromatic rings. The van der Waals surface area contributed by atoms with Crippen molar-refractivity contribution in [3.05, 3.63) is 42.0 Å². The molecule has 0 aliphatic heterocycles. The van der Waals surface area contributed by atoms with Crippen LogP contribution >= 0.6 is 0 Å². The number of rotatable bonds is 6. The molecule has 27 heavy (non-hydrogen) atoms. The fourth-order valence-electron chi connectivity index (χ4n) is 2.65. The molecule has 0 heterocycles. The molecular formula is C20H27N4O3+. The number of hydrogen-bond acceptors (Lipinski definition) is 3. The van der Waals surface area contributed by atoms with Gasteiger partial charge >= 0.3 is 0 Å². The van der Waals surface area contributed by atoms with Crippen molar-refractivity contribution < 1.29 is 20.1 Å². The van der Waals surface area contributed by atoms with Gasteiger partial charge in [-0.25, -0.2) is 0 Å². The van der Waals surface area contributed by atoms with E-state index in [0.29, 0.717) is 5.69 Å². The zero-order valence-electron chi connectivity index (χ0n) is 16.1. The summed E-state index contributed by atoms with van der Waals surface area (Å²) in [5.74, 6) is -1.08. The van der Waals surface area contributed by atoms with Crippen molar-refractivity contribution in [2.75, 3.05) is 5.32 Å². The molecule has 2 aromatic carbocycles. The van der Waals surface area contributed by atoms with Gasteiger partial charge in [0.2, 0.25) is 11.8 Å². The van der Waals surface area contributed by atoms with E-state index in [2.05, 4.69) is 21.7 Å². The first-order chi connectivity index (χ1) is 12.7. The van der Waals surface area contributed by atoms with Crippen molar-refractivity contribution in [3.8, 4) is 0 Å². The van der Waals surface area contributed by atoms with E-state index in [-0.39, 0.29) is 11.8 Å². The Morgan fingerprint density at radius 2 is 1.48 bits per heavy atom. The minimum atomic E-state index is -0.750. The molecule has 0 fully saturated rings. The predicted octanol–water partition coefficient (Wildman–Crippen LogP) is 0.727. The Hall–Kier alpha value is -2.93. The Kier molecular flexibility index (Phi) is 6.52. The molecule has 0 aromatic heterocycles. The Labute approximate surface area is 158 Å². The maximum Gasteiger partial charge on any atom is 0.278 e. The summed E-state index contributed by atoms with van der Waals surface area (Å²) < 4.78 is 0. The molecule has 0 aliphatic rings. The maximum atomic E-state index is 12.4. The van der Waals surface area contributed by atoms with E-state index in [1.807, 2.05) is 43.3 Å². The van der Waals surface area contributed by atoms with Crippen LogP contribution in [-0.2, 0) is 14.4 Å². The van der Waals surface area contributed by atoms with Gasteiger partial charge in [0.1, 0.15) is 12.1 Å². The second-order valence-corrected chi connectivity index (χ2v) is 6.87. The number of quaternary nitrogens is 1. The van der Waals surface area contributed by atoms with Crippen LogP contribution in [0.4, 0.5) is 5.69 Å². The first-order valence-electron chi connectivity index (χ1n) is 8.93. The molecular weight excluding hydrogens is 344 g/mol. The molecule has 0 unspecified atom stereocenters. The summed E-state index contributed by atoms with van der Waals surface area (Å²) in [5, 5.41) is 10.1. The molecule has 0 saturated carbocycles. The number of carbonyl (C=O) groups is 3. The zero-order valence-corrected chi connectivity index (χ0v) is 16.1. The standard InChI is InChI=1S/C20H26N4O3/c1-11-9-16(10-15-7-5-6-8-17(11)15)24-20(27)14(4)23-19(26)13(3)22-18(25)12(2)21/h5-10,12-14H,21H2,1-4H3,(H,22,25)(H,23,26)(H,24,27)/p+1/t12-,13-,14-/m0/s1. The van der Waals surface area contributed by atoms with Crippen LogP contribution in [0.25, 0.3) is 10.8 Å². The second kappa shape index (κ2) is 8.64. The first kappa shape index (κ1) is 20.4. The van der Waals surface area contributed by atoms with Crippen LogP contribution in [0.5, 0.6) is 0 Å². The summed E-state index contributed by atoms with van der Waals surface area (Å²) in [4.78, 5) is 36.2. The third-order valence-corrected chi connectivity index (χ3v) is 4.29. The van der Waals surface area contributed by atoms with Gasteiger partial charge in [0.15, 0.2) is 6.04 Å². The Bertz CT molecular complexity index is 863. The maximum absolute atomic E-state index is 12.4. The number of carbonyl (C=O) groups excluding carboxylic acids is 3. The van der Waals surface area contributed by atoms with E-state index in [1.54, 1.807) is 20.8 Å². The van der Waals surface area contributed by atoms with E-state index in [0.717, 1.165) is 16.3 Å². The molecule has 0 saturated heterocycles. The first-order valence-corrected chi connectivity index (χ1v) is 8.93. The van der Waals surface area contributed by atoms with Gasteiger partial charge in [0.05, 0.1) is 0 Å². The fraction of sp³-hybridized carbons (Fsp3) is 0.350. The molecule has 6 N–H and O–H groups in total. The van der Waals surface area contributed by atoms with Crippen LogP contribution < -0.4 is 21.7 Å². The molecule has 2 rings (SSSR count). The number of anilines is 1. The monoisotopic (exact) mass is 371 g/mol. The number of aryl methyl sites for hydroxylation is 1. The van der Waals surface area contributed by atoms with Crippen molar-refractivity contribution in [2.24, 2.45) is 0 Å². The molecule has 7 heteroatoms. The summed E-state index contributed by atoms with van der Waals surface area (Å²) in [6, 6.07) is 9.76. The molecule has 0 radical (unpaired) electrons. The third kappa shape index (κ3) is 5.27. The lowest BCUT2D eigenvalue weighted by molar-refractivity contribution is -0.398. The highest BCUT2D eigenvalue weighted by atomic mass is 16.2. The van der Waals surface area contributed by atoms with Gasteiger partial charge in [0, 0.05) is 5.69 Å². The average molecular weight is 371 g/mol. The molecule has 3 amide bonds. The number of amides is 3. The lowest BCUT2D eigenvalue weighted by atomic mass is 10.0. The van der Waals surface area contributed by atoms with E-state index < -0.39 is 24.0 Å². The molecule has 144 valence electrons. The SMILES string of the molecule is Cc1cc(NC(=O)[C@H](C)NC(=O)[C@H](C)NC(=O)[C@H](C)[NH3+])cc2ccccc12. The van der Waals surface area contributed by atoms with Crippen LogP contribution in [-0.4, -0.2) is 35.8 Å². The van der Waals surface area contributed by atoms with Crippen LogP contribution in [0.3, 0.4) is 0 Å². The Morgan fingerprint density at radius 1 is 0.889 bits per heavy atom. The van der Waals surface area contributed by atoms with Crippen molar-refractivity contribution in [1.29, 1.82) is 0 Å². The normalized spacial score (nSPS) is 14.1. The van der Waals surface area contributed by atoms with Crippen molar-refractivity contribution in [1.82, 2.24) is 10.6 Å². The van der Waals surface area contributed by atoms with Gasteiger partial charge in [0.25, 0.3) is 5.91 Å². The quantitative estimate of drug-likeness (QED) is 0.600. The van der Waals surface area contributed by atoms with Crippen LogP contribution in [0.2, 0.25) is 0 Å². The van der Waals surface area contributed by atoms with Crippen LogP contribution in [0, 0.1) is 6.92 Å². The van der Waals surface area contributed by atoms with Gasteiger partial charge < -0.3 is 21.7 Å². The Morgan fingerprint density at radius 3 is 2.15 bits per heavy atom. The number of benzene rings is 2. The highest BCUT2D eigenvalue weighted by molar-refractivity contribution is 6.00. The largest absolute Gasteiger partial charge is 0.348 e. The summed E-state index contributed by atoms with van der Waals surface area (Å²) in [7, 11) is 0. The summed E-state index contributed by atoms with van der Waals surface area (Å²) in [6.45, 7) is 6.78. The van der Waals surface area contributed by atoms with E-state index in [9.17, 15) is 14.4 Å². The summed E-state index contributed by atoms with van der Waals surface area (Å²) >= 11 is 0. The second-order valence-electron chi connectivity index (χ2n) is 6.87. The fourth-order valence-corrected chi connectivity index (χ4v) is 2.65. The smallest absolute Gasteiger partial charge is 0.278 e. The topological polar surface area (TPSA) is 115 Å². The highest BCUT2D eigenvalue weighted by Gasteiger charge is 2.22. The zero-order chi connectivity index (χ0) is 20.1. The molecule has 0 bridgehead atoms.